The van der Waals surface area contributed by atoms with Gasteiger partial charge in [0.2, 0.25) is 0 Å². The Bertz CT molecular complexity index is 924. The highest BCUT2D eigenvalue weighted by molar-refractivity contribution is 6.51. The molecule has 3 rings (SSSR count). The summed E-state index contributed by atoms with van der Waals surface area (Å²) < 4.78 is 23.1. The summed E-state index contributed by atoms with van der Waals surface area (Å²) >= 11 is 0. The SMILES string of the molecule is COC(=O)C1(C(=O)OC)C/C(=C\c2ccccc2)C(=C(C)C)C1B1OC(C)(C)C(C)(C)O1. The van der Waals surface area contributed by atoms with E-state index >= 15 is 0 Å². The maximum atomic E-state index is 13.3. The predicted molar refractivity (Wildman–Crippen MR) is 124 cm³/mol. The minimum absolute atomic E-state index is 0.135. The Morgan fingerprint density at radius 1 is 0.969 bits per heavy atom. The van der Waals surface area contributed by atoms with Crippen molar-refractivity contribution in [3.63, 3.8) is 0 Å². The lowest BCUT2D eigenvalue weighted by molar-refractivity contribution is -0.168. The van der Waals surface area contributed by atoms with Crippen LogP contribution >= 0.6 is 0 Å². The highest BCUT2D eigenvalue weighted by Crippen LogP contribution is 2.60. The van der Waals surface area contributed by atoms with Crippen LogP contribution in [0.1, 0.15) is 53.5 Å². The number of allylic oxidation sites excluding steroid dienone is 3. The smallest absolute Gasteiger partial charge is 0.467 e. The van der Waals surface area contributed by atoms with Gasteiger partial charge in [0.25, 0.3) is 0 Å². The van der Waals surface area contributed by atoms with E-state index in [4.69, 9.17) is 18.8 Å². The van der Waals surface area contributed by atoms with Crippen molar-refractivity contribution in [3.05, 3.63) is 52.6 Å². The van der Waals surface area contributed by atoms with Gasteiger partial charge >= 0.3 is 19.1 Å². The first-order valence-corrected chi connectivity index (χ1v) is 10.9. The van der Waals surface area contributed by atoms with Crippen molar-refractivity contribution < 1.29 is 28.4 Å². The van der Waals surface area contributed by atoms with Crippen LogP contribution in [0.5, 0.6) is 0 Å². The van der Waals surface area contributed by atoms with Crippen LogP contribution in [0.3, 0.4) is 0 Å². The molecule has 0 radical (unpaired) electrons. The Balaban J connectivity index is 2.27. The zero-order chi connectivity index (χ0) is 23.9. The van der Waals surface area contributed by atoms with Crippen molar-refractivity contribution in [1.82, 2.24) is 0 Å². The fraction of sp³-hybridized carbons (Fsp3) is 0.520. The van der Waals surface area contributed by atoms with Gasteiger partial charge in [0, 0.05) is 5.82 Å². The fourth-order valence-electron chi connectivity index (χ4n) is 4.70. The third-order valence-electron chi connectivity index (χ3n) is 6.98. The number of methoxy groups -OCH3 is 2. The molecule has 0 spiro atoms. The quantitative estimate of drug-likeness (QED) is 0.387. The molecule has 1 saturated carbocycles. The van der Waals surface area contributed by atoms with E-state index < -0.39 is 41.5 Å². The fourth-order valence-corrected chi connectivity index (χ4v) is 4.70. The molecule has 172 valence electrons. The molecule has 0 bridgehead atoms. The first kappa shape index (κ1) is 24.3. The first-order chi connectivity index (χ1) is 14.9. The van der Waals surface area contributed by atoms with Crippen molar-refractivity contribution >= 4 is 25.1 Å². The lowest BCUT2D eigenvalue weighted by atomic mass is 9.56. The molecule has 32 heavy (non-hydrogen) atoms. The molecular formula is C25H33BO6. The zero-order valence-corrected chi connectivity index (χ0v) is 20.3. The van der Waals surface area contributed by atoms with E-state index in [1.54, 1.807) is 0 Å². The molecule has 2 fully saturated rings. The second-order valence-corrected chi connectivity index (χ2v) is 9.73. The summed E-state index contributed by atoms with van der Waals surface area (Å²) in [5.41, 5.74) is 0.802. The van der Waals surface area contributed by atoms with Gasteiger partial charge in [-0.2, -0.15) is 0 Å². The molecule has 2 aliphatic rings. The Labute approximate surface area is 191 Å². The zero-order valence-electron chi connectivity index (χ0n) is 20.3. The normalized spacial score (nSPS) is 24.5. The molecule has 0 N–H and O–H groups in total. The molecule has 1 aliphatic carbocycles. The third-order valence-corrected chi connectivity index (χ3v) is 6.98. The lowest BCUT2D eigenvalue weighted by Gasteiger charge is -2.32. The van der Waals surface area contributed by atoms with Gasteiger partial charge in [-0.05, 0) is 64.7 Å². The van der Waals surface area contributed by atoms with Crippen LogP contribution in [-0.4, -0.2) is 44.5 Å². The highest BCUT2D eigenvalue weighted by Gasteiger charge is 2.69. The molecule has 1 atom stereocenters. The van der Waals surface area contributed by atoms with Crippen LogP contribution in [0, 0.1) is 5.41 Å². The van der Waals surface area contributed by atoms with Gasteiger partial charge in [0.15, 0.2) is 5.41 Å². The maximum Gasteiger partial charge on any atom is 0.467 e. The maximum absolute atomic E-state index is 13.3. The Hall–Kier alpha value is -2.38. The molecule has 0 aromatic heterocycles. The summed E-state index contributed by atoms with van der Waals surface area (Å²) in [5.74, 6) is -2.03. The highest BCUT2D eigenvalue weighted by atomic mass is 16.7. The van der Waals surface area contributed by atoms with E-state index in [-0.39, 0.29) is 6.42 Å². The van der Waals surface area contributed by atoms with Crippen molar-refractivity contribution in [1.29, 1.82) is 0 Å². The first-order valence-electron chi connectivity index (χ1n) is 10.9. The Kier molecular flexibility index (Phi) is 6.46. The number of esters is 2. The number of ether oxygens (including phenoxy) is 2. The van der Waals surface area contributed by atoms with Gasteiger partial charge in [0.1, 0.15) is 0 Å². The molecule has 1 saturated heterocycles. The Morgan fingerprint density at radius 3 is 1.91 bits per heavy atom. The minimum Gasteiger partial charge on any atom is -0.468 e. The molecule has 1 unspecified atom stereocenters. The summed E-state index contributed by atoms with van der Waals surface area (Å²) in [6, 6.07) is 9.80. The van der Waals surface area contributed by atoms with Gasteiger partial charge < -0.3 is 18.8 Å². The molecule has 1 aromatic carbocycles. The average molecular weight is 440 g/mol. The second-order valence-electron chi connectivity index (χ2n) is 9.73. The summed E-state index contributed by atoms with van der Waals surface area (Å²) in [6.07, 6.45) is 2.14. The molecule has 1 heterocycles. The molecule has 1 aromatic rings. The molecular weight excluding hydrogens is 407 g/mol. The van der Waals surface area contributed by atoms with Crippen molar-refractivity contribution in [2.24, 2.45) is 5.41 Å². The van der Waals surface area contributed by atoms with E-state index in [0.717, 1.165) is 22.3 Å². The summed E-state index contributed by atoms with van der Waals surface area (Å²) in [6.45, 7) is 11.7. The van der Waals surface area contributed by atoms with E-state index in [2.05, 4.69) is 0 Å². The van der Waals surface area contributed by atoms with Crippen molar-refractivity contribution in [2.45, 2.75) is 65.0 Å². The van der Waals surface area contributed by atoms with E-state index in [9.17, 15) is 9.59 Å². The summed E-state index contributed by atoms with van der Waals surface area (Å²) in [7, 11) is 1.75. The van der Waals surface area contributed by atoms with Gasteiger partial charge in [0.05, 0.1) is 25.4 Å². The third kappa shape index (κ3) is 3.82. The number of carbonyl (C=O) groups excluding carboxylic acids is 2. The van der Waals surface area contributed by atoms with Crippen LogP contribution in [0.4, 0.5) is 0 Å². The van der Waals surface area contributed by atoms with Gasteiger partial charge in [-0.25, -0.2) is 0 Å². The van der Waals surface area contributed by atoms with Crippen LogP contribution in [0.25, 0.3) is 6.08 Å². The largest absolute Gasteiger partial charge is 0.468 e. The standard InChI is InChI=1S/C25H33BO6/c1-16(2)19-18(14-17-12-10-9-11-13-17)15-25(21(27)29-7,22(28)30-8)20(19)26-31-23(3,4)24(5,6)32-26/h9-14,20H,15H2,1-8H3/b18-14+. The Morgan fingerprint density at radius 2 is 1.47 bits per heavy atom. The number of rotatable bonds is 4. The van der Waals surface area contributed by atoms with Crippen molar-refractivity contribution in [2.75, 3.05) is 14.2 Å². The molecule has 6 nitrogen and oxygen atoms in total. The molecule has 0 amide bonds. The van der Waals surface area contributed by atoms with E-state index in [1.807, 2.05) is 78.0 Å². The molecule has 7 heteroatoms. The van der Waals surface area contributed by atoms with Crippen molar-refractivity contribution in [3.8, 4) is 0 Å². The van der Waals surface area contributed by atoms with E-state index in [1.165, 1.54) is 14.2 Å². The number of hydrogen-bond donors (Lipinski definition) is 0. The summed E-state index contributed by atoms with van der Waals surface area (Å²) in [4.78, 5) is 26.6. The van der Waals surface area contributed by atoms with Gasteiger partial charge in [-0.3, -0.25) is 9.59 Å². The van der Waals surface area contributed by atoms with Crippen LogP contribution in [0.15, 0.2) is 47.1 Å². The minimum atomic E-state index is -1.61. The topological polar surface area (TPSA) is 71.1 Å². The van der Waals surface area contributed by atoms with Crippen LogP contribution in [0.2, 0.25) is 5.82 Å². The average Bonchev–Trinajstić information content (AvgIpc) is 3.18. The van der Waals surface area contributed by atoms with Crippen LogP contribution in [-0.2, 0) is 28.4 Å². The molecule has 1 aliphatic heterocycles. The summed E-state index contributed by atoms with van der Waals surface area (Å²) in [5, 5.41) is 0. The van der Waals surface area contributed by atoms with Gasteiger partial charge in [-0.15, -0.1) is 0 Å². The number of carbonyl (C=O) groups is 2. The lowest BCUT2D eigenvalue weighted by Crippen LogP contribution is -2.48. The predicted octanol–water partition coefficient (Wildman–Crippen LogP) is 4.60. The second kappa shape index (κ2) is 8.52. The van der Waals surface area contributed by atoms with Gasteiger partial charge in [-0.1, -0.05) is 42.0 Å². The van der Waals surface area contributed by atoms with E-state index in [0.29, 0.717) is 0 Å². The number of benzene rings is 1. The monoisotopic (exact) mass is 440 g/mol. The number of hydrogen-bond acceptors (Lipinski definition) is 6. The van der Waals surface area contributed by atoms with Crippen LogP contribution < -0.4 is 0 Å².